The molecule has 2 aromatic rings. The van der Waals surface area contributed by atoms with Crippen molar-refractivity contribution in [1.29, 1.82) is 0 Å². The third-order valence-electron chi connectivity index (χ3n) is 2.20. The second-order valence-electron chi connectivity index (χ2n) is 3.40. The largest absolute Gasteiger partial charge is 0.249 e. The van der Waals surface area contributed by atoms with Crippen molar-refractivity contribution in [2.24, 2.45) is 0 Å². The zero-order valence-electron chi connectivity index (χ0n) is 8.25. The molecule has 4 heteroatoms. The van der Waals surface area contributed by atoms with Crippen LogP contribution in [0.15, 0.2) is 41.1 Å². The summed E-state index contributed by atoms with van der Waals surface area (Å²) in [6.45, 7) is 0. The lowest BCUT2D eigenvalue weighted by atomic mass is 10.1. The molecular weight excluding hydrogens is 309 g/mol. The molecule has 0 radical (unpaired) electrons. The van der Waals surface area contributed by atoms with E-state index in [1.165, 1.54) is 0 Å². The summed E-state index contributed by atoms with van der Waals surface area (Å²) in [6.07, 6.45) is 2.59. The summed E-state index contributed by atoms with van der Waals surface area (Å²) in [7, 11) is 0. The highest BCUT2D eigenvalue weighted by Crippen LogP contribution is 2.23. The van der Waals surface area contributed by atoms with Crippen molar-refractivity contribution in [2.45, 2.75) is 6.42 Å². The highest BCUT2D eigenvalue weighted by atomic mass is 79.9. The van der Waals surface area contributed by atoms with E-state index >= 15 is 0 Å². The number of nitrogens with zero attached hydrogens (tertiary/aromatic N) is 1. The van der Waals surface area contributed by atoms with Crippen LogP contribution in [0.3, 0.4) is 0 Å². The number of halogens is 3. The Morgan fingerprint density at radius 3 is 2.56 bits per heavy atom. The summed E-state index contributed by atoms with van der Waals surface area (Å²) in [5.41, 5.74) is 2.17. The standard InChI is InChI=1S/C12H8BrCl2N/c13-12-4-1-8(7-16-12)5-9-2-3-10(14)6-11(9)15/h1-4,6-7H,5H2. The maximum atomic E-state index is 6.10. The molecule has 82 valence electrons. The number of aromatic nitrogens is 1. The highest BCUT2D eigenvalue weighted by molar-refractivity contribution is 9.10. The van der Waals surface area contributed by atoms with E-state index in [1.807, 2.05) is 30.5 Å². The number of hydrogen-bond acceptors (Lipinski definition) is 1. The zero-order chi connectivity index (χ0) is 11.5. The van der Waals surface area contributed by atoms with Gasteiger partial charge in [-0.3, -0.25) is 0 Å². The van der Waals surface area contributed by atoms with Crippen molar-refractivity contribution in [1.82, 2.24) is 4.98 Å². The minimum atomic E-state index is 0.655. The predicted molar refractivity (Wildman–Crippen MR) is 71.2 cm³/mol. The molecule has 0 atom stereocenters. The maximum Gasteiger partial charge on any atom is 0.106 e. The SMILES string of the molecule is Clc1ccc(Cc2ccc(Br)nc2)c(Cl)c1. The van der Waals surface area contributed by atoms with Gasteiger partial charge in [0, 0.05) is 22.7 Å². The molecule has 0 spiro atoms. The molecule has 1 aromatic carbocycles. The average molecular weight is 317 g/mol. The molecule has 1 heterocycles. The first-order valence-electron chi connectivity index (χ1n) is 4.69. The smallest absolute Gasteiger partial charge is 0.106 e. The van der Waals surface area contributed by atoms with Gasteiger partial charge in [-0.15, -0.1) is 0 Å². The molecule has 1 aromatic heterocycles. The third kappa shape index (κ3) is 2.97. The summed E-state index contributed by atoms with van der Waals surface area (Å²) in [5, 5.41) is 1.35. The Kier molecular flexibility index (Phi) is 3.85. The van der Waals surface area contributed by atoms with Crippen LogP contribution in [0.5, 0.6) is 0 Å². The maximum absolute atomic E-state index is 6.10. The van der Waals surface area contributed by atoms with Crippen LogP contribution in [0.1, 0.15) is 11.1 Å². The molecule has 0 N–H and O–H groups in total. The van der Waals surface area contributed by atoms with Crippen molar-refractivity contribution >= 4 is 39.1 Å². The normalized spacial score (nSPS) is 10.4. The molecule has 0 amide bonds. The molecule has 0 fully saturated rings. The second-order valence-corrected chi connectivity index (χ2v) is 5.06. The Labute approximate surface area is 113 Å². The monoisotopic (exact) mass is 315 g/mol. The van der Waals surface area contributed by atoms with Crippen LogP contribution in [0.4, 0.5) is 0 Å². The molecule has 1 nitrogen and oxygen atoms in total. The third-order valence-corrected chi connectivity index (χ3v) is 3.25. The fraction of sp³-hybridized carbons (Fsp3) is 0.0833. The Morgan fingerprint density at radius 2 is 1.94 bits per heavy atom. The van der Waals surface area contributed by atoms with Gasteiger partial charge in [-0.05, 0) is 45.3 Å². The van der Waals surface area contributed by atoms with Gasteiger partial charge in [0.15, 0.2) is 0 Å². The topological polar surface area (TPSA) is 12.9 Å². The lowest BCUT2D eigenvalue weighted by Gasteiger charge is -2.04. The molecule has 0 aliphatic heterocycles. The quantitative estimate of drug-likeness (QED) is 0.729. The lowest BCUT2D eigenvalue weighted by Crippen LogP contribution is -1.90. The first kappa shape index (κ1) is 11.9. The number of pyridine rings is 1. The summed E-state index contributed by atoms with van der Waals surface area (Å²) < 4.78 is 0.832. The van der Waals surface area contributed by atoms with E-state index in [0.29, 0.717) is 10.0 Å². The van der Waals surface area contributed by atoms with E-state index in [-0.39, 0.29) is 0 Å². The first-order valence-corrected chi connectivity index (χ1v) is 6.24. The van der Waals surface area contributed by atoms with E-state index < -0.39 is 0 Å². The van der Waals surface area contributed by atoms with Gasteiger partial charge in [0.2, 0.25) is 0 Å². The minimum Gasteiger partial charge on any atom is -0.249 e. The van der Waals surface area contributed by atoms with Crippen molar-refractivity contribution in [3.63, 3.8) is 0 Å². The van der Waals surface area contributed by atoms with Gasteiger partial charge < -0.3 is 0 Å². The Morgan fingerprint density at radius 1 is 1.12 bits per heavy atom. The van der Waals surface area contributed by atoms with Gasteiger partial charge in [-0.2, -0.15) is 0 Å². The van der Waals surface area contributed by atoms with Crippen LogP contribution in [0, 0.1) is 0 Å². The summed E-state index contributed by atoms with van der Waals surface area (Å²) in [6, 6.07) is 9.47. The summed E-state index contributed by atoms with van der Waals surface area (Å²) >= 11 is 15.2. The van der Waals surface area contributed by atoms with E-state index in [0.717, 1.165) is 22.2 Å². The van der Waals surface area contributed by atoms with Gasteiger partial charge in [0.05, 0.1) is 0 Å². The predicted octanol–water partition coefficient (Wildman–Crippen LogP) is 4.74. The van der Waals surface area contributed by atoms with Crippen LogP contribution in [-0.2, 0) is 6.42 Å². The summed E-state index contributed by atoms with van der Waals surface area (Å²) in [4.78, 5) is 4.17. The Hall–Kier alpha value is -0.570. The van der Waals surface area contributed by atoms with Crippen LogP contribution in [0.25, 0.3) is 0 Å². The zero-order valence-corrected chi connectivity index (χ0v) is 11.4. The highest BCUT2D eigenvalue weighted by Gasteiger charge is 2.03. The van der Waals surface area contributed by atoms with E-state index in [9.17, 15) is 0 Å². The molecule has 0 saturated heterocycles. The second kappa shape index (κ2) is 5.17. The molecule has 0 aliphatic carbocycles. The molecule has 0 bridgehead atoms. The van der Waals surface area contributed by atoms with Crippen LogP contribution >= 0.6 is 39.1 Å². The Balaban J connectivity index is 2.23. The Bertz CT molecular complexity index is 497. The van der Waals surface area contributed by atoms with Crippen molar-refractivity contribution < 1.29 is 0 Å². The average Bonchev–Trinajstić information content (AvgIpc) is 2.25. The van der Waals surface area contributed by atoms with Gasteiger partial charge in [0.1, 0.15) is 4.60 Å². The van der Waals surface area contributed by atoms with Gasteiger partial charge in [-0.1, -0.05) is 35.3 Å². The van der Waals surface area contributed by atoms with Crippen LogP contribution in [0.2, 0.25) is 10.0 Å². The van der Waals surface area contributed by atoms with Crippen LogP contribution in [-0.4, -0.2) is 4.98 Å². The molecule has 0 saturated carbocycles. The number of rotatable bonds is 2. The van der Waals surface area contributed by atoms with Crippen LogP contribution < -0.4 is 0 Å². The number of hydrogen-bond donors (Lipinski definition) is 0. The van der Waals surface area contributed by atoms with E-state index in [2.05, 4.69) is 20.9 Å². The van der Waals surface area contributed by atoms with Crippen molar-refractivity contribution in [2.75, 3.05) is 0 Å². The van der Waals surface area contributed by atoms with Crippen molar-refractivity contribution in [3.8, 4) is 0 Å². The number of benzene rings is 1. The molecule has 0 unspecified atom stereocenters. The fourth-order valence-corrected chi connectivity index (χ4v) is 2.11. The van der Waals surface area contributed by atoms with Crippen molar-refractivity contribution in [3.05, 3.63) is 62.3 Å². The van der Waals surface area contributed by atoms with Gasteiger partial charge >= 0.3 is 0 Å². The fourth-order valence-electron chi connectivity index (χ4n) is 1.40. The minimum absolute atomic E-state index is 0.655. The van der Waals surface area contributed by atoms with Gasteiger partial charge in [0.25, 0.3) is 0 Å². The molecule has 16 heavy (non-hydrogen) atoms. The van der Waals surface area contributed by atoms with Gasteiger partial charge in [-0.25, -0.2) is 4.98 Å². The molecular formula is C12H8BrCl2N. The molecule has 0 aliphatic rings. The van der Waals surface area contributed by atoms with E-state index in [4.69, 9.17) is 23.2 Å². The molecule has 2 rings (SSSR count). The first-order chi connectivity index (χ1) is 7.65. The van der Waals surface area contributed by atoms with E-state index in [1.54, 1.807) is 6.07 Å². The lowest BCUT2D eigenvalue weighted by molar-refractivity contribution is 1.13. The summed E-state index contributed by atoms with van der Waals surface area (Å²) in [5.74, 6) is 0.